The first-order valence-corrected chi connectivity index (χ1v) is 10.6. The van der Waals surface area contributed by atoms with Crippen LogP contribution in [0.25, 0.3) is 0 Å². The van der Waals surface area contributed by atoms with Crippen LogP contribution < -0.4 is 4.90 Å². The fourth-order valence-corrected chi connectivity index (χ4v) is 5.09. The molecule has 0 bridgehead atoms. The van der Waals surface area contributed by atoms with E-state index in [0.29, 0.717) is 0 Å². The summed E-state index contributed by atoms with van der Waals surface area (Å²) in [6.07, 6.45) is -4.71. The number of methoxy groups -OCH3 is 1. The van der Waals surface area contributed by atoms with Crippen molar-refractivity contribution in [1.82, 2.24) is 4.31 Å². The lowest BCUT2D eigenvalue weighted by Crippen LogP contribution is -2.56. The number of alkyl halides is 3. The molecule has 1 heterocycles. The molecule has 1 atom stereocenters. The van der Waals surface area contributed by atoms with Crippen molar-refractivity contribution in [2.75, 3.05) is 38.3 Å². The predicted molar refractivity (Wildman–Crippen MR) is 104 cm³/mol. The number of hydrogen-bond acceptors (Lipinski definition) is 5. The number of nitrogens with zero attached hydrogens (tertiary/aromatic N) is 3. The molecule has 31 heavy (non-hydrogen) atoms. The molecule has 1 saturated heterocycles. The molecule has 1 aliphatic rings. The van der Waals surface area contributed by atoms with Crippen LogP contribution in [0.15, 0.2) is 47.4 Å². The first-order valence-electron chi connectivity index (χ1n) is 9.21. The van der Waals surface area contributed by atoms with Crippen molar-refractivity contribution in [3.8, 4) is 6.07 Å². The molecule has 0 spiro atoms. The zero-order valence-corrected chi connectivity index (χ0v) is 17.3. The van der Waals surface area contributed by atoms with Crippen molar-refractivity contribution in [2.45, 2.75) is 17.1 Å². The van der Waals surface area contributed by atoms with Crippen LogP contribution in [0.3, 0.4) is 0 Å². The zero-order chi connectivity index (χ0) is 22.8. The van der Waals surface area contributed by atoms with Gasteiger partial charge >= 0.3 is 6.18 Å². The van der Waals surface area contributed by atoms with E-state index in [0.717, 1.165) is 22.5 Å². The molecular weight excluding hydrogens is 438 g/mol. The first kappa shape index (κ1) is 23.0. The Morgan fingerprint density at radius 1 is 1.19 bits per heavy atom. The maximum atomic E-state index is 14.1. The lowest BCUT2D eigenvalue weighted by atomic mass is 10.0. The average molecular weight is 457 g/mol. The molecule has 1 unspecified atom stereocenters. The molecule has 166 valence electrons. The molecule has 0 saturated carbocycles. The number of nitriles is 1. The Kier molecular flexibility index (Phi) is 6.54. The molecule has 0 N–H and O–H groups in total. The van der Waals surface area contributed by atoms with E-state index in [1.54, 1.807) is 4.90 Å². The summed E-state index contributed by atoms with van der Waals surface area (Å²) in [6, 6.07) is 9.27. The summed E-state index contributed by atoms with van der Waals surface area (Å²) in [5.41, 5.74) is -1.37. The molecule has 0 aliphatic carbocycles. The number of halogens is 4. The van der Waals surface area contributed by atoms with Gasteiger partial charge in [0.1, 0.15) is 10.7 Å². The van der Waals surface area contributed by atoms with E-state index in [1.165, 1.54) is 37.4 Å². The summed E-state index contributed by atoms with van der Waals surface area (Å²) in [4.78, 5) is 1.14. The highest BCUT2D eigenvalue weighted by molar-refractivity contribution is 7.89. The number of piperazine rings is 1. The Hall–Kier alpha value is -2.68. The van der Waals surface area contributed by atoms with Crippen LogP contribution in [0.4, 0.5) is 23.2 Å². The van der Waals surface area contributed by atoms with E-state index in [9.17, 15) is 26.0 Å². The average Bonchev–Trinajstić information content (AvgIpc) is 2.73. The van der Waals surface area contributed by atoms with E-state index in [-0.39, 0.29) is 31.9 Å². The van der Waals surface area contributed by atoms with Crippen molar-refractivity contribution in [1.29, 1.82) is 5.26 Å². The van der Waals surface area contributed by atoms with E-state index in [2.05, 4.69) is 0 Å². The van der Waals surface area contributed by atoms with Gasteiger partial charge in [0.15, 0.2) is 0 Å². The highest BCUT2D eigenvalue weighted by Gasteiger charge is 2.38. The van der Waals surface area contributed by atoms with Gasteiger partial charge in [-0.25, -0.2) is 12.8 Å². The second-order valence-electron chi connectivity index (χ2n) is 6.94. The molecule has 1 fully saturated rings. The molecule has 0 aromatic heterocycles. The fourth-order valence-electron chi connectivity index (χ4n) is 3.56. The molecule has 2 aromatic carbocycles. The molecule has 0 radical (unpaired) electrons. The molecule has 0 amide bonds. The summed E-state index contributed by atoms with van der Waals surface area (Å²) in [5, 5.41) is 8.99. The second kappa shape index (κ2) is 8.82. The van der Waals surface area contributed by atoms with Gasteiger partial charge < -0.3 is 9.64 Å². The molecule has 6 nitrogen and oxygen atoms in total. The highest BCUT2D eigenvalue weighted by atomic mass is 32.2. The van der Waals surface area contributed by atoms with Crippen LogP contribution in [0.5, 0.6) is 0 Å². The maximum absolute atomic E-state index is 14.1. The maximum Gasteiger partial charge on any atom is 0.417 e. The number of rotatable bonds is 5. The van der Waals surface area contributed by atoms with Crippen LogP contribution >= 0.6 is 0 Å². The minimum Gasteiger partial charge on any atom is -0.383 e. The van der Waals surface area contributed by atoms with Crippen molar-refractivity contribution >= 4 is 15.7 Å². The summed E-state index contributed by atoms with van der Waals surface area (Å²) in [5.74, 6) is -0.880. The normalized spacial score (nSPS) is 18.1. The Morgan fingerprint density at radius 3 is 2.52 bits per heavy atom. The summed E-state index contributed by atoms with van der Waals surface area (Å²) < 4.78 is 86.2. The summed E-state index contributed by atoms with van der Waals surface area (Å²) >= 11 is 0. The van der Waals surface area contributed by atoms with Gasteiger partial charge in [0.2, 0.25) is 10.0 Å². The second-order valence-corrected chi connectivity index (χ2v) is 8.84. The van der Waals surface area contributed by atoms with Crippen LogP contribution in [0.2, 0.25) is 0 Å². The van der Waals surface area contributed by atoms with Crippen LogP contribution in [0.1, 0.15) is 11.1 Å². The van der Waals surface area contributed by atoms with Crippen molar-refractivity contribution in [3.05, 3.63) is 59.4 Å². The van der Waals surface area contributed by atoms with Crippen LogP contribution in [-0.4, -0.2) is 52.1 Å². The van der Waals surface area contributed by atoms with Crippen molar-refractivity contribution in [2.24, 2.45) is 0 Å². The standard InChI is InChI=1S/C20H19F4N3O3S/c1-30-13-16-12-26(31(28,29)19-5-3-2-4-18(19)21)8-9-27(16)15-7-6-14(11-25)17(10-15)20(22,23)24/h2-7,10,16H,8-9,12-13H2,1H3. The number of benzene rings is 2. The van der Waals surface area contributed by atoms with Crippen LogP contribution in [-0.2, 0) is 20.9 Å². The minimum atomic E-state index is -4.71. The SMILES string of the molecule is COCC1CN(S(=O)(=O)c2ccccc2F)CCN1c1ccc(C#N)c(C(F)(F)F)c1. The van der Waals surface area contributed by atoms with Gasteiger partial charge in [-0.1, -0.05) is 12.1 Å². The van der Waals surface area contributed by atoms with Gasteiger partial charge in [-0.3, -0.25) is 0 Å². The minimum absolute atomic E-state index is 0.0324. The molecule has 3 rings (SSSR count). The lowest BCUT2D eigenvalue weighted by Gasteiger charge is -2.42. The van der Waals surface area contributed by atoms with Gasteiger partial charge in [0.25, 0.3) is 0 Å². The Balaban J connectivity index is 1.93. The molecular formula is C20H19F4N3O3S. The van der Waals surface area contributed by atoms with Gasteiger partial charge in [0, 0.05) is 32.4 Å². The Bertz CT molecular complexity index is 1100. The topological polar surface area (TPSA) is 73.6 Å². The smallest absolute Gasteiger partial charge is 0.383 e. The molecule has 2 aromatic rings. The van der Waals surface area contributed by atoms with Crippen molar-refractivity contribution in [3.63, 3.8) is 0 Å². The number of sulfonamides is 1. The summed E-state index contributed by atoms with van der Waals surface area (Å²) in [7, 11) is -2.75. The van der Waals surface area contributed by atoms with Gasteiger partial charge in [0.05, 0.1) is 29.8 Å². The number of hydrogen-bond donors (Lipinski definition) is 0. The number of ether oxygens (including phenoxy) is 1. The van der Waals surface area contributed by atoms with Crippen LogP contribution in [0, 0.1) is 17.1 Å². The van der Waals surface area contributed by atoms with E-state index < -0.39 is 44.1 Å². The van der Waals surface area contributed by atoms with Gasteiger partial charge in [-0.15, -0.1) is 0 Å². The third-order valence-electron chi connectivity index (χ3n) is 5.02. The first-order chi connectivity index (χ1) is 14.6. The van der Waals surface area contributed by atoms with E-state index in [4.69, 9.17) is 10.00 Å². The Labute approximate surface area is 177 Å². The Morgan fingerprint density at radius 2 is 1.90 bits per heavy atom. The van der Waals surface area contributed by atoms with Gasteiger partial charge in [-0.2, -0.15) is 22.7 Å². The highest BCUT2D eigenvalue weighted by Crippen LogP contribution is 2.35. The quantitative estimate of drug-likeness (QED) is 0.645. The van der Waals surface area contributed by atoms with E-state index >= 15 is 0 Å². The summed E-state index contributed by atoms with van der Waals surface area (Å²) in [6.45, 7) is -0.0698. The van der Waals surface area contributed by atoms with E-state index in [1.807, 2.05) is 0 Å². The van der Waals surface area contributed by atoms with Gasteiger partial charge in [-0.05, 0) is 30.3 Å². The largest absolute Gasteiger partial charge is 0.417 e. The van der Waals surface area contributed by atoms with Crippen molar-refractivity contribution < 1.29 is 30.7 Å². The third kappa shape index (κ3) is 4.66. The zero-order valence-electron chi connectivity index (χ0n) is 16.4. The lowest BCUT2D eigenvalue weighted by molar-refractivity contribution is -0.137. The fraction of sp³-hybridized carbons (Fsp3) is 0.350. The third-order valence-corrected chi connectivity index (χ3v) is 6.92. The molecule has 1 aliphatic heterocycles. The predicted octanol–water partition coefficient (Wildman–Crippen LogP) is 3.24. The number of anilines is 1. The molecule has 11 heteroatoms. The monoisotopic (exact) mass is 457 g/mol.